The molecular formula is C18H18Br2N2O2S. The fraction of sp³-hybridized carbons (Fsp3) is 0.222. The summed E-state index contributed by atoms with van der Waals surface area (Å²) in [5.74, 6) is 0.438. The third-order valence-electron chi connectivity index (χ3n) is 3.26. The van der Waals surface area contributed by atoms with Gasteiger partial charge >= 0.3 is 0 Å². The zero-order valence-corrected chi connectivity index (χ0v) is 17.6. The molecule has 0 heterocycles. The molecule has 0 saturated heterocycles. The summed E-state index contributed by atoms with van der Waals surface area (Å²) in [6.07, 6.45) is 2.06. The molecule has 1 amide bonds. The monoisotopic (exact) mass is 484 g/mol. The van der Waals surface area contributed by atoms with E-state index in [0.29, 0.717) is 12.2 Å². The molecule has 0 unspecified atom stereocenters. The fourth-order valence-corrected chi connectivity index (χ4v) is 3.09. The van der Waals surface area contributed by atoms with Gasteiger partial charge in [-0.3, -0.25) is 10.1 Å². The molecule has 0 radical (unpaired) electrons. The van der Waals surface area contributed by atoms with Gasteiger partial charge in [-0.2, -0.15) is 0 Å². The summed E-state index contributed by atoms with van der Waals surface area (Å²) in [7, 11) is 0. The number of benzene rings is 2. The van der Waals surface area contributed by atoms with Crippen LogP contribution in [0.2, 0.25) is 0 Å². The van der Waals surface area contributed by atoms with E-state index in [4.69, 9.17) is 17.0 Å². The van der Waals surface area contributed by atoms with Crippen molar-refractivity contribution in [2.75, 3.05) is 11.9 Å². The lowest BCUT2D eigenvalue weighted by atomic mass is 10.2. The van der Waals surface area contributed by atoms with Crippen LogP contribution in [0, 0.1) is 0 Å². The molecule has 25 heavy (non-hydrogen) atoms. The normalized spacial score (nSPS) is 10.2. The maximum atomic E-state index is 12.3. The predicted molar refractivity (Wildman–Crippen MR) is 112 cm³/mol. The van der Waals surface area contributed by atoms with E-state index in [1.54, 1.807) is 18.2 Å². The minimum Gasteiger partial charge on any atom is -0.492 e. The van der Waals surface area contributed by atoms with Crippen LogP contribution in [0.15, 0.2) is 51.4 Å². The highest BCUT2D eigenvalue weighted by Gasteiger charge is 2.11. The number of anilines is 1. The van der Waals surface area contributed by atoms with Gasteiger partial charge in [0.25, 0.3) is 5.91 Å². The molecule has 0 atom stereocenters. The van der Waals surface area contributed by atoms with Gasteiger partial charge < -0.3 is 10.1 Å². The number of rotatable bonds is 6. The van der Waals surface area contributed by atoms with Gasteiger partial charge in [0, 0.05) is 15.7 Å². The second-order valence-electron chi connectivity index (χ2n) is 5.27. The number of hydrogen-bond acceptors (Lipinski definition) is 3. The molecule has 0 saturated carbocycles. The van der Waals surface area contributed by atoms with Crippen LogP contribution < -0.4 is 15.4 Å². The lowest BCUT2D eigenvalue weighted by molar-refractivity contribution is 0.0977. The van der Waals surface area contributed by atoms with Crippen LogP contribution in [0.1, 0.15) is 30.1 Å². The van der Waals surface area contributed by atoms with Crippen molar-refractivity contribution in [1.82, 2.24) is 5.32 Å². The van der Waals surface area contributed by atoms with Gasteiger partial charge in [-0.25, -0.2) is 0 Å². The van der Waals surface area contributed by atoms with E-state index in [-0.39, 0.29) is 11.0 Å². The van der Waals surface area contributed by atoms with Crippen LogP contribution in [-0.2, 0) is 0 Å². The van der Waals surface area contributed by atoms with E-state index >= 15 is 0 Å². The first-order valence-corrected chi connectivity index (χ1v) is 9.79. The Morgan fingerprint density at radius 3 is 2.68 bits per heavy atom. The third-order valence-corrected chi connectivity index (χ3v) is 4.58. The van der Waals surface area contributed by atoms with Crippen molar-refractivity contribution < 1.29 is 9.53 Å². The molecule has 2 aromatic carbocycles. The minimum absolute atomic E-state index is 0.238. The summed E-state index contributed by atoms with van der Waals surface area (Å²) in [4.78, 5) is 12.3. The molecule has 0 fully saturated rings. The summed E-state index contributed by atoms with van der Waals surface area (Å²) in [6, 6.07) is 12.7. The first-order valence-electron chi connectivity index (χ1n) is 7.80. The largest absolute Gasteiger partial charge is 0.492 e. The Bertz CT molecular complexity index is 768. The van der Waals surface area contributed by atoms with Gasteiger partial charge in [0.2, 0.25) is 0 Å². The Morgan fingerprint density at radius 1 is 1.20 bits per heavy atom. The zero-order chi connectivity index (χ0) is 18.2. The first-order chi connectivity index (χ1) is 12.0. The van der Waals surface area contributed by atoms with Crippen molar-refractivity contribution in [2.45, 2.75) is 19.8 Å². The minimum atomic E-state index is -0.284. The third kappa shape index (κ3) is 6.41. The number of thiocarbonyl (C=S) groups is 1. The molecule has 2 N–H and O–H groups in total. The molecule has 0 aliphatic carbocycles. The van der Waals surface area contributed by atoms with Crippen molar-refractivity contribution in [3.63, 3.8) is 0 Å². The number of amides is 1. The van der Waals surface area contributed by atoms with Crippen LogP contribution in [0.25, 0.3) is 0 Å². The highest BCUT2D eigenvalue weighted by atomic mass is 79.9. The Labute approximate surface area is 169 Å². The van der Waals surface area contributed by atoms with Gasteiger partial charge in [0.05, 0.1) is 11.1 Å². The summed E-state index contributed by atoms with van der Waals surface area (Å²) in [6.45, 7) is 2.76. The quantitative estimate of drug-likeness (QED) is 0.418. The van der Waals surface area contributed by atoms with Crippen LogP contribution in [0.4, 0.5) is 5.69 Å². The van der Waals surface area contributed by atoms with E-state index in [0.717, 1.165) is 33.2 Å². The smallest absolute Gasteiger partial charge is 0.257 e. The number of carbonyl (C=O) groups excluding carboxylic acids is 1. The maximum absolute atomic E-state index is 12.3. The second-order valence-corrected chi connectivity index (χ2v) is 7.44. The van der Waals surface area contributed by atoms with Gasteiger partial charge in [-0.15, -0.1) is 0 Å². The molecular weight excluding hydrogens is 468 g/mol. The number of ether oxygens (including phenoxy) is 1. The standard InChI is InChI=1S/C18H18Br2N2O2S/c1-2-3-9-24-16-8-7-12(10-15(16)20)17(23)22-18(25)21-14-6-4-5-13(19)11-14/h4-8,10-11H,2-3,9H2,1H3,(H2,21,22,23,25). The molecule has 132 valence electrons. The molecule has 2 rings (SSSR count). The van der Waals surface area contributed by atoms with E-state index in [1.807, 2.05) is 24.3 Å². The molecule has 0 aliphatic rings. The van der Waals surface area contributed by atoms with Crippen LogP contribution in [0.3, 0.4) is 0 Å². The summed E-state index contributed by atoms with van der Waals surface area (Å²) >= 11 is 12.0. The van der Waals surface area contributed by atoms with E-state index in [1.165, 1.54) is 0 Å². The molecule has 7 heteroatoms. The van der Waals surface area contributed by atoms with Crippen LogP contribution >= 0.6 is 44.1 Å². The Kier molecular flexibility index (Phi) is 7.87. The van der Waals surface area contributed by atoms with Crippen molar-refractivity contribution in [2.24, 2.45) is 0 Å². The van der Waals surface area contributed by atoms with Crippen molar-refractivity contribution >= 4 is 60.8 Å². The van der Waals surface area contributed by atoms with E-state index < -0.39 is 0 Å². The Morgan fingerprint density at radius 2 is 2.00 bits per heavy atom. The van der Waals surface area contributed by atoms with E-state index in [2.05, 4.69) is 49.4 Å². The lowest BCUT2D eigenvalue weighted by Gasteiger charge is -2.11. The van der Waals surface area contributed by atoms with Gasteiger partial charge in [-0.1, -0.05) is 35.3 Å². The second kappa shape index (κ2) is 9.89. The zero-order valence-electron chi connectivity index (χ0n) is 13.6. The fourth-order valence-electron chi connectivity index (χ4n) is 1.99. The number of nitrogens with one attached hydrogen (secondary N) is 2. The highest BCUT2D eigenvalue weighted by Crippen LogP contribution is 2.26. The average Bonchev–Trinajstić information content (AvgIpc) is 2.56. The average molecular weight is 486 g/mol. The van der Waals surface area contributed by atoms with Crippen molar-refractivity contribution in [3.8, 4) is 5.75 Å². The highest BCUT2D eigenvalue weighted by molar-refractivity contribution is 9.10. The molecule has 0 bridgehead atoms. The number of hydrogen-bond donors (Lipinski definition) is 2. The molecule has 0 spiro atoms. The lowest BCUT2D eigenvalue weighted by Crippen LogP contribution is -2.34. The van der Waals surface area contributed by atoms with Crippen molar-refractivity contribution in [3.05, 3.63) is 57.0 Å². The first kappa shape index (κ1) is 19.9. The van der Waals surface area contributed by atoms with Crippen LogP contribution in [0.5, 0.6) is 5.75 Å². The number of halogens is 2. The van der Waals surface area contributed by atoms with Crippen molar-refractivity contribution in [1.29, 1.82) is 0 Å². The summed E-state index contributed by atoms with van der Waals surface area (Å²) < 4.78 is 7.33. The molecule has 2 aromatic rings. The number of carbonyl (C=O) groups is 1. The molecule has 0 aliphatic heterocycles. The van der Waals surface area contributed by atoms with Gasteiger partial charge in [0.1, 0.15) is 5.75 Å². The van der Waals surface area contributed by atoms with Gasteiger partial charge in [0.15, 0.2) is 5.11 Å². The SMILES string of the molecule is CCCCOc1ccc(C(=O)NC(=S)Nc2cccc(Br)c2)cc1Br. The molecule has 0 aromatic heterocycles. The maximum Gasteiger partial charge on any atom is 0.257 e. The summed E-state index contributed by atoms with van der Waals surface area (Å²) in [5, 5.41) is 5.88. The van der Waals surface area contributed by atoms with Gasteiger partial charge in [-0.05, 0) is 71.0 Å². The topological polar surface area (TPSA) is 50.4 Å². The predicted octanol–water partition coefficient (Wildman–Crippen LogP) is 5.52. The number of unbranched alkanes of at least 4 members (excludes halogenated alkanes) is 1. The molecule has 4 nitrogen and oxygen atoms in total. The van der Waals surface area contributed by atoms with Crippen LogP contribution in [-0.4, -0.2) is 17.6 Å². The Balaban J connectivity index is 1.95. The Hall–Kier alpha value is -1.44. The summed E-state index contributed by atoms with van der Waals surface area (Å²) in [5.41, 5.74) is 1.29. The van der Waals surface area contributed by atoms with E-state index in [9.17, 15) is 4.79 Å².